The molecule has 0 atom stereocenters. The molecule has 3 N–H and O–H groups in total. The van der Waals surface area contributed by atoms with Gasteiger partial charge in [0.15, 0.2) is 0 Å². The molecule has 21 heavy (non-hydrogen) atoms. The third kappa shape index (κ3) is 5.04. The largest absolute Gasteiger partial charge is 0.356 e. The molecule has 2 rings (SSSR count). The standard InChI is InChI=1S/C18H22N2O/c19-14-17-11-5-4-10-16(17)13-18(21)20-12-6-9-15-7-2-1-3-8-15/h1-5,7-8,10-11H,6,9,12-14,19H2,(H,20,21). The Morgan fingerprint density at radius 2 is 1.62 bits per heavy atom. The van der Waals surface area contributed by atoms with Crippen molar-refractivity contribution in [3.8, 4) is 0 Å². The number of benzene rings is 2. The molecule has 0 aliphatic carbocycles. The number of amides is 1. The van der Waals surface area contributed by atoms with E-state index >= 15 is 0 Å². The van der Waals surface area contributed by atoms with Crippen LogP contribution in [0.1, 0.15) is 23.1 Å². The average molecular weight is 282 g/mol. The number of hydrogen-bond acceptors (Lipinski definition) is 2. The summed E-state index contributed by atoms with van der Waals surface area (Å²) in [6.07, 6.45) is 2.34. The second-order valence-corrected chi connectivity index (χ2v) is 5.09. The molecule has 2 aromatic rings. The quantitative estimate of drug-likeness (QED) is 0.766. The maximum atomic E-state index is 11.9. The van der Waals surface area contributed by atoms with Gasteiger partial charge in [-0.15, -0.1) is 0 Å². The van der Waals surface area contributed by atoms with Crippen LogP contribution in [-0.4, -0.2) is 12.5 Å². The number of carbonyl (C=O) groups excluding carboxylic acids is 1. The van der Waals surface area contributed by atoms with Crippen LogP contribution in [-0.2, 0) is 24.2 Å². The summed E-state index contributed by atoms with van der Waals surface area (Å²) in [4.78, 5) is 11.9. The maximum Gasteiger partial charge on any atom is 0.224 e. The van der Waals surface area contributed by atoms with E-state index in [4.69, 9.17) is 5.73 Å². The van der Waals surface area contributed by atoms with Crippen molar-refractivity contribution in [2.45, 2.75) is 25.8 Å². The summed E-state index contributed by atoms with van der Waals surface area (Å²) < 4.78 is 0. The van der Waals surface area contributed by atoms with Gasteiger partial charge in [-0.25, -0.2) is 0 Å². The van der Waals surface area contributed by atoms with Gasteiger partial charge in [-0.05, 0) is 29.5 Å². The fraction of sp³-hybridized carbons (Fsp3) is 0.278. The fourth-order valence-corrected chi connectivity index (χ4v) is 2.33. The second-order valence-electron chi connectivity index (χ2n) is 5.09. The van der Waals surface area contributed by atoms with E-state index in [0.29, 0.717) is 19.5 Å². The Hall–Kier alpha value is -2.13. The predicted octanol–water partition coefficient (Wildman–Crippen LogP) is 2.44. The lowest BCUT2D eigenvalue weighted by Crippen LogP contribution is -2.27. The minimum Gasteiger partial charge on any atom is -0.356 e. The van der Waals surface area contributed by atoms with Gasteiger partial charge in [0.2, 0.25) is 5.91 Å². The van der Waals surface area contributed by atoms with Gasteiger partial charge in [-0.3, -0.25) is 4.79 Å². The van der Waals surface area contributed by atoms with E-state index < -0.39 is 0 Å². The number of rotatable bonds is 7. The van der Waals surface area contributed by atoms with Gasteiger partial charge >= 0.3 is 0 Å². The zero-order valence-electron chi connectivity index (χ0n) is 12.2. The number of aryl methyl sites for hydroxylation is 1. The van der Waals surface area contributed by atoms with E-state index in [-0.39, 0.29) is 5.91 Å². The molecule has 0 bridgehead atoms. The lowest BCUT2D eigenvalue weighted by atomic mass is 10.0. The van der Waals surface area contributed by atoms with Gasteiger partial charge in [-0.2, -0.15) is 0 Å². The van der Waals surface area contributed by atoms with Crippen molar-refractivity contribution in [2.24, 2.45) is 5.73 Å². The highest BCUT2D eigenvalue weighted by molar-refractivity contribution is 5.78. The van der Waals surface area contributed by atoms with Crippen molar-refractivity contribution in [1.29, 1.82) is 0 Å². The number of nitrogens with two attached hydrogens (primary N) is 1. The predicted molar refractivity (Wildman–Crippen MR) is 85.8 cm³/mol. The smallest absolute Gasteiger partial charge is 0.224 e. The topological polar surface area (TPSA) is 55.1 Å². The average Bonchev–Trinajstić information content (AvgIpc) is 2.53. The minimum absolute atomic E-state index is 0.0592. The first kappa shape index (κ1) is 15.3. The van der Waals surface area contributed by atoms with Crippen LogP contribution < -0.4 is 11.1 Å². The van der Waals surface area contributed by atoms with Crippen LogP contribution in [0.2, 0.25) is 0 Å². The van der Waals surface area contributed by atoms with Crippen LogP contribution in [0.15, 0.2) is 54.6 Å². The molecule has 0 aliphatic rings. The summed E-state index contributed by atoms with van der Waals surface area (Å²) in [5.41, 5.74) is 9.04. The Labute approximate surface area is 126 Å². The van der Waals surface area contributed by atoms with E-state index in [1.165, 1.54) is 5.56 Å². The van der Waals surface area contributed by atoms with Crippen molar-refractivity contribution in [1.82, 2.24) is 5.32 Å². The summed E-state index contributed by atoms with van der Waals surface area (Å²) >= 11 is 0. The van der Waals surface area contributed by atoms with Crippen molar-refractivity contribution in [3.05, 3.63) is 71.3 Å². The molecule has 0 heterocycles. The lowest BCUT2D eigenvalue weighted by Gasteiger charge is -2.08. The Morgan fingerprint density at radius 3 is 2.33 bits per heavy atom. The van der Waals surface area contributed by atoms with Gasteiger partial charge in [0.25, 0.3) is 0 Å². The molecule has 3 nitrogen and oxygen atoms in total. The monoisotopic (exact) mass is 282 g/mol. The summed E-state index contributed by atoms with van der Waals surface area (Å²) in [6.45, 7) is 1.18. The molecule has 0 aliphatic heterocycles. The third-order valence-electron chi connectivity index (χ3n) is 3.50. The molecule has 1 amide bonds. The van der Waals surface area contributed by atoms with Crippen LogP contribution >= 0.6 is 0 Å². The molecule has 2 aromatic carbocycles. The van der Waals surface area contributed by atoms with Crippen molar-refractivity contribution >= 4 is 5.91 Å². The van der Waals surface area contributed by atoms with E-state index in [1.807, 2.05) is 42.5 Å². The lowest BCUT2D eigenvalue weighted by molar-refractivity contribution is -0.120. The van der Waals surface area contributed by atoms with Gasteiger partial charge in [0.05, 0.1) is 6.42 Å². The summed E-state index contributed by atoms with van der Waals surface area (Å²) in [6, 6.07) is 18.1. The van der Waals surface area contributed by atoms with Gasteiger partial charge in [-0.1, -0.05) is 54.6 Å². The molecule has 0 radical (unpaired) electrons. The maximum absolute atomic E-state index is 11.9. The van der Waals surface area contributed by atoms with Crippen LogP contribution in [0.3, 0.4) is 0 Å². The molecule has 0 spiro atoms. The van der Waals surface area contributed by atoms with E-state index in [2.05, 4.69) is 17.4 Å². The van der Waals surface area contributed by atoms with Crippen LogP contribution in [0, 0.1) is 0 Å². The molecule has 0 fully saturated rings. The van der Waals surface area contributed by atoms with Gasteiger partial charge < -0.3 is 11.1 Å². The summed E-state index contributed by atoms with van der Waals surface area (Å²) in [5.74, 6) is 0.0592. The van der Waals surface area contributed by atoms with Crippen LogP contribution in [0.4, 0.5) is 0 Å². The molecule has 0 aromatic heterocycles. The Bertz CT molecular complexity index is 566. The number of hydrogen-bond donors (Lipinski definition) is 2. The number of carbonyl (C=O) groups is 1. The first-order chi connectivity index (χ1) is 10.3. The second kappa shape index (κ2) is 8.22. The highest BCUT2D eigenvalue weighted by Crippen LogP contribution is 2.08. The van der Waals surface area contributed by atoms with Crippen molar-refractivity contribution < 1.29 is 4.79 Å². The molecule has 0 unspecified atom stereocenters. The number of nitrogens with one attached hydrogen (secondary N) is 1. The van der Waals surface area contributed by atoms with Crippen LogP contribution in [0.25, 0.3) is 0 Å². The molecule has 0 saturated heterocycles. The molecule has 0 saturated carbocycles. The zero-order valence-corrected chi connectivity index (χ0v) is 12.2. The molecule has 110 valence electrons. The van der Waals surface area contributed by atoms with Crippen LogP contribution in [0.5, 0.6) is 0 Å². The van der Waals surface area contributed by atoms with E-state index in [9.17, 15) is 4.79 Å². The third-order valence-corrected chi connectivity index (χ3v) is 3.50. The zero-order chi connectivity index (χ0) is 14.9. The Kier molecular flexibility index (Phi) is 5.98. The summed E-state index contributed by atoms with van der Waals surface area (Å²) in [5, 5.41) is 2.97. The van der Waals surface area contributed by atoms with Gasteiger partial charge in [0, 0.05) is 13.1 Å². The first-order valence-corrected chi connectivity index (χ1v) is 7.37. The van der Waals surface area contributed by atoms with Gasteiger partial charge in [0.1, 0.15) is 0 Å². The van der Waals surface area contributed by atoms with E-state index in [1.54, 1.807) is 0 Å². The SMILES string of the molecule is NCc1ccccc1CC(=O)NCCCc1ccccc1. The van der Waals surface area contributed by atoms with E-state index in [0.717, 1.165) is 24.0 Å². The highest BCUT2D eigenvalue weighted by atomic mass is 16.1. The highest BCUT2D eigenvalue weighted by Gasteiger charge is 2.06. The fourth-order valence-electron chi connectivity index (χ4n) is 2.33. The van der Waals surface area contributed by atoms with Crippen molar-refractivity contribution in [2.75, 3.05) is 6.54 Å². The van der Waals surface area contributed by atoms with Crippen molar-refractivity contribution in [3.63, 3.8) is 0 Å². The first-order valence-electron chi connectivity index (χ1n) is 7.37. The Morgan fingerprint density at radius 1 is 0.952 bits per heavy atom. The Balaban J connectivity index is 1.72. The molecule has 3 heteroatoms. The normalized spacial score (nSPS) is 10.3. The molecular formula is C18H22N2O. The summed E-state index contributed by atoms with van der Waals surface area (Å²) in [7, 11) is 0. The molecular weight excluding hydrogens is 260 g/mol. The minimum atomic E-state index is 0.0592.